The lowest BCUT2D eigenvalue weighted by Crippen LogP contribution is -2.38. The Morgan fingerprint density at radius 3 is 2.64 bits per heavy atom. The van der Waals surface area contributed by atoms with E-state index in [1.54, 1.807) is 29.8 Å². The Kier molecular flexibility index (Phi) is 6.60. The lowest BCUT2D eigenvalue weighted by atomic mass is 9.96. The van der Waals surface area contributed by atoms with Gasteiger partial charge < -0.3 is 15.5 Å². The molecule has 3 aromatic rings. The first kappa shape index (κ1) is 22.4. The molecule has 8 nitrogen and oxygen atoms in total. The normalized spacial score (nSPS) is 13.9. The molecule has 0 radical (unpaired) electrons. The lowest BCUT2D eigenvalue weighted by molar-refractivity contribution is -0.120. The number of nitriles is 1. The molecule has 1 aliphatic rings. The zero-order valence-corrected chi connectivity index (χ0v) is 18.7. The summed E-state index contributed by atoms with van der Waals surface area (Å²) >= 11 is 1.23. The zero-order valence-electron chi connectivity index (χ0n) is 17.8. The molecule has 2 amide bonds. The number of rotatable bonds is 5. The highest BCUT2D eigenvalue weighted by molar-refractivity contribution is 7.14. The smallest absolute Gasteiger partial charge is 0.229 e. The topological polar surface area (TPSA) is 111 Å². The summed E-state index contributed by atoms with van der Waals surface area (Å²) in [5.41, 5.74) is 1.60. The highest BCUT2D eigenvalue weighted by Gasteiger charge is 2.26. The summed E-state index contributed by atoms with van der Waals surface area (Å²) in [6.07, 6.45) is 2.89. The van der Waals surface area contributed by atoms with Gasteiger partial charge in [-0.15, -0.1) is 11.3 Å². The van der Waals surface area contributed by atoms with E-state index in [0.717, 1.165) is 5.82 Å². The maximum atomic E-state index is 14.5. The van der Waals surface area contributed by atoms with Gasteiger partial charge in [-0.2, -0.15) is 5.26 Å². The number of thiazole rings is 1. The fourth-order valence-electron chi connectivity index (χ4n) is 3.68. The van der Waals surface area contributed by atoms with Crippen LogP contribution in [0, 0.1) is 23.1 Å². The Hall–Kier alpha value is -3.84. The molecule has 33 heavy (non-hydrogen) atoms. The number of hydrogen-bond acceptors (Lipinski definition) is 7. The van der Waals surface area contributed by atoms with Crippen molar-refractivity contribution in [3.8, 4) is 17.3 Å². The highest BCUT2D eigenvalue weighted by atomic mass is 32.1. The fourth-order valence-corrected chi connectivity index (χ4v) is 4.39. The van der Waals surface area contributed by atoms with E-state index in [4.69, 9.17) is 5.26 Å². The standard InChI is InChI=1S/C23H21FN6O2S/c1-14(31)27-17-3-4-18(19(24)10-17)20-13-33-23(28-20)29-22(32)16-6-8-30(9-7-16)21-5-2-15(11-25)12-26-21/h2-5,10,12-13,16H,6-9H2,1H3,(H,27,31)(H,28,29,32). The molecule has 1 fully saturated rings. The summed E-state index contributed by atoms with van der Waals surface area (Å²) in [6, 6.07) is 10.00. The fraction of sp³-hybridized carbons (Fsp3) is 0.261. The van der Waals surface area contributed by atoms with Crippen LogP contribution in [-0.2, 0) is 9.59 Å². The number of aromatic nitrogens is 2. The van der Waals surface area contributed by atoms with Crippen molar-refractivity contribution >= 4 is 39.8 Å². The molecule has 0 aliphatic carbocycles. The molecule has 1 saturated heterocycles. The Morgan fingerprint density at radius 1 is 1.21 bits per heavy atom. The molecule has 4 rings (SSSR count). The first-order valence-corrected chi connectivity index (χ1v) is 11.3. The summed E-state index contributed by atoms with van der Waals surface area (Å²) in [7, 11) is 0. The molecule has 0 atom stereocenters. The third-order valence-corrected chi connectivity index (χ3v) is 6.12. The molecular weight excluding hydrogens is 443 g/mol. The summed E-state index contributed by atoms with van der Waals surface area (Å²) < 4.78 is 14.5. The minimum atomic E-state index is -0.506. The molecule has 2 N–H and O–H groups in total. The number of carbonyl (C=O) groups excluding carboxylic acids is 2. The maximum absolute atomic E-state index is 14.5. The molecule has 3 heterocycles. The molecule has 1 aromatic carbocycles. The molecule has 2 aromatic heterocycles. The van der Waals surface area contributed by atoms with Crippen LogP contribution in [0.15, 0.2) is 41.9 Å². The van der Waals surface area contributed by atoms with Gasteiger partial charge in [0.25, 0.3) is 0 Å². The van der Waals surface area contributed by atoms with Crippen LogP contribution in [0.3, 0.4) is 0 Å². The van der Waals surface area contributed by atoms with Crippen molar-refractivity contribution in [1.29, 1.82) is 5.26 Å². The number of pyridine rings is 1. The van der Waals surface area contributed by atoms with Gasteiger partial charge in [-0.1, -0.05) is 0 Å². The van der Waals surface area contributed by atoms with E-state index in [0.29, 0.717) is 53.6 Å². The molecule has 10 heteroatoms. The van der Waals surface area contributed by atoms with Crippen molar-refractivity contribution in [3.05, 3.63) is 53.3 Å². The molecule has 0 bridgehead atoms. The number of carbonyl (C=O) groups is 2. The van der Waals surface area contributed by atoms with Gasteiger partial charge in [-0.05, 0) is 43.2 Å². The van der Waals surface area contributed by atoms with E-state index in [1.165, 1.54) is 24.3 Å². The van der Waals surface area contributed by atoms with Crippen molar-refractivity contribution in [2.45, 2.75) is 19.8 Å². The lowest BCUT2D eigenvalue weighted by Gasteiger charge is -2.31. The van der Waals surface area contributed by atoms with E-state index in [1.807, 2.05) is 6.07 Å². The van der Waals surface area contributed by atoms with E-state index in [2.05, 4.69) is 31.6 Å². The number of halogens is 1. The van der Waals surface area contributed by atoms with Gasteiger partial charge in [0.2, 0.25) is 11.8 Å². The Labute approximate surface area is 194 Å². The first-order valence-electron chi connectivity index (χ1n) is 10.4. The third kappa shape index (κ3) is 5.32. The van der Waals surface area contributed by atoms with Crippen LogP contribution in [0.5, 0.6) is 0 Å². The van der Waals surface area contributed by atoms with Crippen molar-refractivity contribution < 1.29 is 14.0 Å². The van der Waals surface area contributed by atoms with Crippen molar-refractivity contribution in [3.63, 3.8) is 0 Å². The Morgan fingerprint density at radius 2 is 2.00 bits per heavy atom. The van der Waals surface area contributed by atoms with Gasteiger partial charge in [0.15, 0.2) is 5.13 Å². The van der Waals surface area contributed by atoms with Crippen LogP contribution in [0.2, 0.25) is 0 Å². The SMILES string of the molecule is CC(=O)Nc1ccc(-c2csc(NC(=O)C3CCN(c4ccc(C#N)cn4)CC3)n2)c(F)c1. The zero-order chi connectivity index (χ0) is 23.4. The molecule has 168 valence electrons. The van der Waals surface area contributed by atoms with Crippen molar-refractivity contribution in [2.24, 2.45) is 5.92 Å². The van der Waals surface area contributed by atoms with Crippen LogP contribution >= 0.6 is 11.3 Å². The van der Waals surface area contributed by atoms with Crippen LogP contribution in [0.1, 0.15) is 25.3 Å². The maximum Gasteiger partial charge on any atom is 0.229 e. The van der Waals surface area contributed by atoms with Gasteiger partial charge in [0.1, 0.15) is 17.7 Å². The summed E-state index contributed by atoms with van der Waals surface area (Å²) in [6.45, 7) is 2.73. The number of anilines is 3. The van der Waals surface area contributed by atoms with Gasteiger partial charge >= 0.3 is 0 Å². The predicted octanol–water partition coefficient (Wildman–Crippen LogP) is 4.03. The van der Waals surface area contributed by atoms with Gasteiger partial charge in [-0.25, -0.2) is 14.4 Å². The molecule has 0 saturated carbocycles. The minimum Gasteiger partial charge on any atom is -0.357 e. The van der Waals surface area contributed by atoms with Crippen LogP contribution < -0.4 is 15.5 Å². The summed E-state index contributed by atoms with van der Waals surface area (Å²) in [5.74, 6) is -0.248. The van der Waals surface area contributed by atoms with Crippen molar-refractivity contribution in [1.82, 2.24) is 9.97 Å². The second kappa shape index (κ2) is 9.75. The van der Waals surface area contributed by atoms with Crippen molar-refractivity contribution in [2.75, 3.05) is 28.6 Å². The summed E-state index contributed by atoms with van der Waals surface area (Å²) in [5, 5.41) is 16.4. The monoisotopic (exact) mass is 464 g/mol. The number of benzene rings is 1. The van der Waals surface area contributed by atoms with Gasteiger partial charge in [-0.3, -0.25) is 9.59 Å². The average molecular weight is 465 g/mol. The van der Waals surface area contributed by atoms with Gasteiger partial charge in [0.05, 0.1) is 11.3 Å². The number of nitrogens with one attached hydrogen (secondary N) is 2. The predicted molar refractivity (Wildman–Crippen MR) is 124 cm³/mol. The number of piperidine rings is 1. The number of hydrogen-bond donors (Lipinski definition) is 2. The van der Waals surface area contributed by atoms with E-state index in [9.17, 15) is 14.0 Å². The van der Waals surface area contributed by atoms with E-state index in [-0.39, 0.29) is 17.7 Å². The molecule has 0 spiro atoms. The van der Waals surface area contributed by atoms with E-state index >= 15 is 0 Å². The highest BCUT2D eigenvalue weighted by Crippen LogP contribution is 2.30. The number of nitrogens with zero attached hydrogens (tertiary/aromatic N) is 4. The quantitative estimate of drug-likeness (QED) is 0.590. The third-order valence-electron chi connectivity index (χ3n) is 5.37. The largest absolute Gasteiger partial charge is 0.357 e. The molecule has 0 unspecified atom stereocenters. The van der Waals surface area contributed by atoms with Crippen LogP contribution in [0.25, 0.3) is 11.3 Å². The first-order chi connectivity index (χ1) is 15.9. The molecular formula is C23H21FN6O2S. The number of amides is 2. The second-order valence-electron chi connectivity index (χ2n) is 7.68. The van der Waals surface area contributed by atoms with Crippen LogP contribution in [0.4, 0.5) is 21.0 Å². The Bertz CT molecular complexity index is 1210. The average Bonchev–Trinajstić information content (AvgIpc) is 3.27. The minimum absolute atomic E-state index is 0.107. The molecule has 1 aliphatic heterocycles. The summed E-state index contributed by atoms with van der Waals surface area (Å²) in [4.78, 5) is 34.6. The van der Waals surface area contributed by atoms with Crippen LogP contribution in [-0.4, -0.2) is 34.9 Å². The van der Waals surface area contributed by atoms with Gasteiger partial charge in [0, 0.05) is 48.8 Å². The van der Waals surface area contributed by atoms with E-state index < -0.39 is 5.82 Å². The Balaban J connectivity index is 1.34. The second-order valence-corrected chi connectivity index (χ2v) is 8.54.